The van der Waals surface area contributed by atoms with Crippen molar-refractivity contribution in [3.8, 4) is 0 Å². The van der Waals surface area contributed by atoms with Crippen LogP contribution in [0.5, 0.6) is 0 Å². The van der Waals surface area contributed by atoms with Gasteiger partial charge in [-0.25, -0.2) is 0 Å². The summed E-state index contributed by atoms with van der Waals surface area (Å²) < 4.78 is 20.1. The van der Waals surface area contributed by atoms with Crippen LogP contribution in [-0.4, -0.2) is 124 Å². The van der Waals surface area contributed by atoms with Crippen molar-refractivity contribution in [2.45, 2.75) is 66.2 Å². The number of nitrogens with zero attached hydrogens (tertiary/aromatic N) is 3. The van der Waals surface area contributed by atoms with Gasteiger partial charge in [0.1, 0.15) is 0 Å². The third-order valence-corrected chi connectivity index (χ3v) is 5.78. The minimum Gasteiger partial charge on any atom is -0.466 e. The quantitative estimate of drug-likeness (QED) is 0.131. The number of rotatable bonds is 24. The van der Waals surface area contributed by atoms with Gasteiger partial charge in [0.15, 0.2) is 0 Å². The molecule has 0 aliphatic carbocycles. The molecule has 0 aliphatic heterocycles. The Kier molecular flexibility index (Phi) is 22.4. The smallest absolute Gasteiger partial charge is 0.307 e. The highest BCUT2D eigenvalue weighted by molar-refractivity contribution is 5.70. The van der Waals surface area contributed by atoms with Crippen molar-refractivity contribution in [2.75, 3.05) is 85.8 Å². The molecular weight excluding hydrogens is 494 g/mol. The van der Waals surface area contributed by atoms with Gasteiger partial charge in [-0.2, -0.15) is 0 Å². The fourth-order valence-electron chi connectivity index (χ4n) is 3.84. The van der Waals surface area contributed by atoms with E-state index in [-0.39, 0.29) is 23.9 Å². The molecule has 0 N–H and O–H groups in total. The van der Waals surface area contributed by atoms with Gasteiger partial charge in [-0.3, -0.25) is 19.2 Å². The molecule has 0 aromatic carbocycles. The van der Waals surface area contributed by atoms with Crippen LogP contribution >= 0.6 is 0 Å². The zero-order chi connectivity index (χ0) is 28.6. The number of carbonyl (C=O) groups excluding carboxylic acids is 4. The summed E-state index contributed by atoms with van der Waals surface area (Å²) in [4.78, 5) is 53.5. The van der Waals surface area contributed by atoms with Crippen LogP contribution in [0.2, 0.25) is 0 Å². The molecule has 11 heteroatoms. The molecule has 0 spiro atoms. The standard InChI is InChI=1S/C27H51N3O8/c1-6-35-24(31)12-20-29(21-13-25(32)36-7-2)18-10-16-28(5)17-11-19-30(22-14-26(33)37-8-3)23-15-27(34)38-9-4/h6-23H2,1-5H3. The van der Waals surface area contributed by atoms with Gasteiger partial charge in [0.2, 0.25) is 0 Å². The van der Waals surface area contributed by atoms with Crippen molar-refractivity contribution in [3.63, 3.8) is 0 Å². The van der Waals surface area contributed by atoms with E-state index in [1.54, 1.807) is 27.7 Å². The lowest BCUT2D eigenvalue weighted by molar-refractivity contribution is -0.145. The fraction of sp³-hybridized carbons (Fsp3) is 0.852. The summed E-state index contributed by atoms with van der Waals surface area (Å²) in [7, 11) is 2.06. The molecule has 0 radical (unpaired) electrons. The van der Waals surface area contributed by atoms with Gasteiger partial charge in [0, 0.05) is 26.2 Å². The minimum absolute atomic E-state index is 0.235. The summed E-state index contributed by atoms with van der Waals surface area (Å²) in [6, 6.07) is 0. The third-order valence-electron chi connectivity index (χ3n) is 5.78. The normalized spacial score (nSPS) is 11.2. The molecule has 0 aliphatic rings. The van der Waals surface area contributed by atoms with Crippen LogP contribution in [0.1, 0.15) is 66.2 Å². The molecule has 38 heavy (non-hydrogen) atoms. The second-order valence-electron chi connectivity index (χ2n) is 8.91. The van der Waals surface area contributed by atoms with E-state index in [1.165, 1.54) is 0 Å². The van der Waals surface area contributed by atoms with E-state index in [1.807, 2.05) is 0 Å². The Bertz CT molecular complexity index is 564. The lowest BCUT2D eigenvalue weighted by Crippen LogP contribution is -2.34. The summed E-state index contributed by atoms with van der Waals surface area (Å²) in [5.41, 5.74) is 0. The summed E-state index contributed by atoms with van der Waals surface area (Å²) in [6.45, 7) is 14.0. The number of esters is 4. The Balaban J connectivity index is 4.56. The fourth-order valence-corrected chi connectivity index (χ4v) is 3.84. The zero-order valence-corrected chi connectivity index (χ0v) is 24.3. The van der Waals surface area contributed by atoms with Crippen LogP contribution in [0.3, 0.4) is 0 Å². The van der Waals surface area contributed by atoms with Crippen LogP contribution in [0.4, 0.5) is 0 Å². The largest absolute Gasteiger partial charge is 0.466 e. The van der Waals surface area contributed by atoms with E-state index < -0.39 is 0 Å². The predicted molar refractivity (Wildman–Crippen MR) is 145 cm³/mol. The first-order chi connectivity index (χ1) is 18.2. The van der Waals surface area contributed by atoms with E-state index in [0.29, 0.717) is 78.3 Å². The van der Waals surface area contributed by atoms with E-state index in [0.717, 1.165) is 39.0 Å². The second-order valence-corrected chi connectivity index (χ2v) is 8.91. The molecular formula is C27H51N3O8. The third kappa shape index (κ3) is 20.8. The molecule has 11 nitrogen and oxygen atoms in total. The highest BCUT2D eigenvalue weighted by atomic mass is 16.5. The first-order valence-corrected chi connectivity index (χ1v) is 14.0. The second kappa shape index (κ2) is 23.8. The molecule has 0 fully saturated rings. The van der Waals surface area contributed by atoms with Crippen molar-refractivity contribution in [1.82, 2.24) is 14.7 Å². The predicted octanol–water partition coefficient (Wildman–Crippen LogP) is 2.12. The monoisotopic (exact) mass is 545 g/mol. The van der Waals surface area contributed by atoms with Gasteiger partial charge in [-0.1, -0.05) is 0 Å². The number of carbonyl (C=O) groups is 4. The maximum absolute atomic E-state index is 11.8. The van der Waals surface area contributed by atoms with Gasteiger partial charge in [-0.05, 0) is 73.8 Å². The van der Waals surface area contributed by atoms with Crippen molar-refractivity contribution in [2.24, 2.45) is 0 Å². The summed E-state index contributed by atoms with van der Waals surface area (Å²) in [6.07, 6.45) is 2.94. The van der Waals surface area contributed by atoms with Gasteiger partial charge in [0.25, 0.3) is 0 Å². The van der Waals surface area contributed by atoms with E-state index in [9.17, 15) is 19.2 Å². The molecule has 0 saturated carbocycles. The SMILES string of the molecule is CCOC(=O)CCN(CCCN(C)CCCN(CCC(=O)OCC)CCC(=O)OCC)CCC(=O)OCC. The van der Waals surface area contributed by atoms with Crippen LogP contribution in [0.15, 0.2) is 0 Å². The first-order valence-electron chi connectivity index (χ1n) is 14.0. The highest BCUT2D eigenvalue weighted by Crippen LogP contribution is 2.03. The molecule has 0 bridgehead atoms. The van der Waals surface area contributed by atoms with Gasteiger partial charge in [0.05, 0.1) is 52.1 Å². The molecule has 222 valence electrons. The van der Waals surface area contributed by atoms with Crippen LogP contribution in [0, 0.1) is 0 Å². The number of ether oxygens (including phenoxy) is 4. The van der Waals surface area contributed by atoms with E-state index >= 15 is 0 Å². The van der Waals surface area contributed by atoms with Gasteiger partial charge >= 0.3 is 23.9 Å². The summed E-state index contributed by atoms with van der Waals surface area (Å²) >= 11 is 0. The van der Waals surface area contributed by atoms with Crippen molar-refractivity contribution in [3.05, 3.63) is 0 Å². The van der Waals surface area contributed by atoms with Gasteiger partial charge in [-0.15, -0.1) is 0 Å². The maximum atomic E-state index is 11.8. The number of hydrogen-bond donors (Lipinski definition) is 0. The molecule has 0 saturated heterocycles. The highest BCUT2D eigenvalue weighted by Gasteiger charge is 2.14. The molecule has 0 heterocycles. The Hall–Kier alpha value is -2.24. The summed E-state index contributed by atoms with van der Waals surface area (Å²) in [5, 5.41) is 0. The Labute approximate surface area is 229 Å². The zero-order valence-electron chi connectivity index (χ0n) is 24.3. The van der Waals surface area contributed by atoms with Crippen LogP contribution in [0.25, 0.3) is 0 Å². The van der Waals surface area contributed by atoms with Crippen molar-refractivity contribution >= 4 is 23.9 Å². The molecule has 0 atom stereocenters. The Morgan fingerprint density at radius 2 is 0.711 bits per heavy atom. The number of hydrogen-bond acceptors (Lipinski definition) is 11. The van der Waals surface area contributed by atoms with Crippen LogP contribution in [-0.2, 0) is 38.1 Å². The topological polar surface area (TPSA) is 115 Å². The Morgan fingerprint density at radius 1 is 0.447 bits per heavy atom. The molecule has 0 amide bonds. The average Bonchev–Trinajstić information content (AvgIpc) is 2.87. The minimum atomic E-state index is -0.235. The van der Waals surface area contributed by atoms with Crippen molar-refractivity contribution in [1.29, 1.82) is 0 Å². The summed E-state index contributed by atoms with van der Waals surface area (Å²) in [5.74, 6) is -0.940. The lowest BCUT2D eigenvalue weighted by Gasteiger charge is -2.25. The first kappa shape index (κ1) is 35.8. The van der Waals surface area contributed by atoms with E-state index in [4.69, 9.17) is 18.9 Å². The average molecular weight is 546 g/mol. The molecule has 0 unspecified atom stereocenters. The molecule has 0 rings (SSSR count). The van der Waals surface area contributed by atoms with E-state index in [2.05, 4.69) is 21.7 Å². The van der Waals surface area contributed by atoms with Crippen LogP contribution < -0.4 is 0 Å². The lowest BCUT2D eigenvalue weighted by atomic mass is 10.2. The van der Waals surface area contributed by atoms with Gasteiger partial charge < -0.3 is 33.6 Å². The molecule has 0 aromatic rings. The maximum Gasteiger partial charge on any atom is 0.307 e. The molecule has 0 aromatic heterocycles. The Morgan fingerprint density at radius 3 is 0.947 bits per heavy atom. The van der Waals surface area contributed by atoms with Crippen molar-refractivity contribution < 1.29 is 38.1 Å².